The van der Waals surface area contributed by atoms with Gasteiger partial charge in [0.1, 0.15) is 0 Å². The number of fused-ring (bicyclic) bond motifs is 3. The van der Waals surface area contributed by atoms with E-state index in [2.05, 4.69) is 240 Å². The number of aromatic nitrogens is 1. The predicted molar refractivity (Wildman–Crippen MR) is 237 cm³/mol. The Morgan fingerprint density at radius 2 is 0.643 bits per heavy atom. The summed E-state index contributed by atoms with van der Waals surface area (Å²) in [6, 6.07) is 83.0. The van der Waals surface area contributed by atoms with Crippen molar-refractivity contribution in [3.05, 3.63) is 231 Å². The SMILES string of the molecule is c1ccc(-c2ccccc2-c2ccc(N(c3ccc(-c4ccccc4-c4ccccc4)cc3)c3ccc4c5ccccc5n(-c5ccccc5)c4c3)cc2)cc1. The average Bonchev–Trinajstić information content (AvgIpc) is 3.61. The Labute approximate surface area is 327 Å². The molecule has 2 heteroatoms. The number of rotatable bonds is 8. The number of nitrogens with zero attached hydrogens (tertiary/aromatic N) is 2. The van der Waals surface area contributed by atoms with E-state index in [-0.39, 0.29) is 0 Å². The Bertz CT molecular complexity index is 2800. The van der Waals surface area contributed by atoms with E-state index in [9.17, 15) is 0 Å². The van der Waals surface area contributed by atoms with E-state index in [1.54, 1.807) is 0 Å². The van der Waals surface area contributed by atoms with Crippen molar-refractivity contribution in [2.45, 2.75) is 0 Å². The molecule has 0 radical (unpaired) electrons. The highest BCUT2D eigenvalue weighted by Gasteiger charge is 2.19. The Morgan fingerprint density at radius 3 is 1.14 bits per heavy atom. The first kappa shape index (κ1) is 33.2. The average molecular weight is 715 g/mol. The van der Waals surface area contributed by atoms with Gasteiger partial charge in [0.2, 0.25) is 0 Å². The van der Waals surface area contributed by atoms with Crippen molar-refractivity contribution in [2.24, 2.45) is 0 Å². The van der Waals surface area contributed by atoms with Crippen LogP contribution in [-0.2, 0) is 0 Å². The number of hydrogen-bond acceptors (Lipinski definition) is 1. The summed E-state index contributed by atoms with van der Waals surface area (Å²) in [7, 11) is 0. The molecule has 264 valence electrons. The number of hydrogen-bond donors (Lipinski definition) is 0. The minimum Gasteiger partial charge on any atom is -0.310 e. The van der Waals surface area contributed by atoms with Gasteiger partial charge in [0.05, 0.1) is 11.0 Å². The molecule has 0 aliphatic heterocycles. The minimum absolute atomic E-state index is 1.09. The lowest BCUT2D eigenvalue weighted by Crippen LogP contribution is -2.10. The molecule has 0 fully saturated rings. The van der Waals surface area contributed by atoms with Gasteiger partial charge in [-0.3, -0.25) is 0 Å². The van der Waals surface area contributed by atoms with E-state index < -0.39 is 0 Å². The van der Waals surface area contributed by atoms with Crippen LogP contribution in [0.25, 0.3) is 72.0 Å². The molecule has 10 aromatic rings. The van der Waals surface area contributed by atoms with E-state index in [4.69, 9.17) is 0 Å². The topological polar surface area (TPSA) is 8.17 Å². The summed E-state index contributed by atoms with van der Waals surface area (Å²) < 4.78 is 2.39. The lowest BCUT2D eigenvalue weighted by Gasteiger charge is -2.26. The van der Waals surface area contributed by atoms with Crippen LogP contribution in [0.2, 0.25) is 0 Å². The smallest absolute Gasteiger partial charge is 0.0561 e. The summed E-state index contributed by atoms with van der Waals surface area (Å²) in [6.45, 7) is 0. The summed E-state index contributed by atoms with van der Waals surface area (Å²) in [5.74, 6) is 0. The molecule has 0 aliphatic rings. The highest BCUT2D eigenvalue weighted by molar-refractivity contribution is 6.10. The van der Waals surface area contributed by atoms with Crippen molar-refractivity contribution < 1.29 is 0 Å². The van der Waals surface area contributed by atoms with Crippen LogP contribution in [0.15, 0.2) is 231 Å². The third kappa shape index (κ3) is 6.04. The van der Waals surface area contributed by atoms with Crippen molar-refractivity contribution >= 4 is 38.9 Å². The molecule has 0 saturated heterocycles. The van der Waals surface area contributed by atoms with Gasteiger partial charge in [-0.15, -0.1) is 0 Å². The van der Waals surface area contributed by atoms with Crippen molar-refractivity contribution in [3.63, 3.8) is 0 Å². The van der Waals surface area contributed by atoms with Crippen molar-refractivity contribution in [1.29, 1.82) is 0 Å². The fourth-order valence-electron chi connectivity index (χ4n) is 8.19. The van der Waals surface area contributed by atoms with Crippen LogP contribution in [0.4, 0.5) is 17.1 Å². The summed E-state index contributed by atoms with van der Waals surface area (Å²) in [5, 5.41) is 2.47. The van der Waals surface area contributed by atoms with E-state index in [0.29, 0.717) is 0 Å². The third-order valence-electron chi connectivity index (χ3n) is 10.8. The van der Waals surface area contributed by atoms with Gasteiger partial charge in [-0.05, 0) is 99.1 Å². The van der Waals surface area contributed by atoms with Crippen LogP contribution in [-0.4, -0.2) is 4.57 Å². The first-order valence-corrected chi connectivity index (χ1v) is 19.2. The van der Waals surface area contributed by atoms with Gasteiger partial charge < -0.3 is 9.47 Å². The van der Waals surface area contributed by atoms with Crippen LogP contribution in [0.5, 0.6) is 0 Å². The van der Waals surface area contributed by atoms with Gasteiger partial charge >= 0.3 is 0 Å². The van der Waals surface area contributed by atoms with E-state index in [0.717, 1.165) is 22.7 Å². The molecule has 56 heavy (non-hydrogen) atoms. The highest BCUT2D eigenvalue weighted by Crippen LogP contribution is 2.42. The Hall–Kier alpha value is -7.42. The summed E-state index contributed by atoms with van der Waals surface area (Å²) in [5.41, 5.74) is 16.4. The molecule has 10 rings (SSSR count). The van der Waals surface area contributed by atoms with Gasteiger partial charge in [0, 0.05) is 33.5 Å². The second-order valence-electron chi connectivity index (χ2n) is 14.1. The Kier molecular flexibility index (Phi) is 8.55. The first-order chi connectivity index (χ1) is 27.8. The van der Waals surface area contributed by atoms with Crippen LogP contribution in [0.3, 0.4) is 0 Å². The molecule has 0 bridgehead atoms. The van der Waals surface area contributed by atoms with Gasteiger partial charge in [0.25, 0.3) is 0 Å². The minimum atomic E-state index is 1.09. The van der Waals surface area contributed by atoms with E-state index in [1.807, 2.05) is 0 Å². The van der Waals surface area contributed by atoms with Crippen molar-refractivity contribution in [1.82, 2.24) is 4.57 Å². The van der Waals surface area contributed by atoms with Gasteiger partial charge in [-0.2, -0.15) is 0 Å². The maximum atomic E-state index is 2.39. The molecule has 9 aromatic carbocycles. The molecular weight excluding hydrogens is 677 g/mol. The number of benzene rings is 9. The van der Waals surface area contributed by atoms with Crippen LogP contribution in [0, 0.1) is 0 Å². The standard InChI is InChI=1S/C54H38N2/c1-4-16-39(17-5-1)47-22-10-12-24-49(47)41-28-32-44(33-29-41)55(45-34-30-42(31-35-45)50-25-13-11-23-48(50)40-18-6-2-7-19-40)46-36-37-52-51-26-14-15-27-53(51)56(54(52)38-46)43-20-8-3-9-21-43/h1-38H. The lowest BCUT2D eigenvalue weighted by atomic mass is 9.94. The molecule has 0 saturated carbocycles. The maximum Gasteiger partial charge on any atom is 0.0561 e. The molecule has 0 atom stereocenters. The monoisotopic (exact) mass is 714 g/mol. The normalized spacial score (nSPS) is 11.2. The Balaban J connectivity index is 1.12. The fourth-order valence-corrected chi connectivity index (χ4v) is 8.19. The molecule has 0 aliphatic carbocycles. The maximum absolute atomic E-state index is 2.39. The molecule has 2 nitrogen and oxygen atoms in total. The number of anilines is 3. The van der Waals surface area contributed by atoms with Crippen LogP contribution >= 0.6 is 0 Å². The zero-order valence-electron chi connectivity index (χ0n) is 30.8. The molecule has 0 spiro atoms. The van der Waals surface area contributed by atoms with Crippen molar-refractivity contribution in [3.8, 4) is 50.2 Å². The fraction of sp³-hybridized carbons (Fsp3) is 0. The van der Waals surface area contributed by atoms with Gasteiger partial charge in [-0.25, -0.2) is 0 Å². The molecule has 1 heterocycles. The quantitative estimate of drug-likeness (QED) is 0.152. The third-order valence-corrected chi connectivity index (χ3v) is 10.8. The van der Waals surface area contributed by atoms with E-state index in [1.165, 1.54) is 66.3 Å². The zero-order valence-corrected chi connectivity index (χ0v) is 30.8. The summed E-state index contributed by atoms with van der Waals surface area (Å²) in [6.07, 6.45) is 0. The summed E-state index contributed by atoms with van der Waals surface area (Å²) in [4.78, 5) is 2.38. The van der Waals surface area contributed by atoms with Gasteiger partial charge in [-0.1, -0.05) is 176 Å². The lowest BCUT2D eigenvalue weighted by molar-refractivity contribution is 1.18. The van der Waals surface area contributed by atoms with E-state index >= 15 is 0 Å². The molecule has 1 aromatic heterocycles. The summed E-state index contributed by atoms with van der Waals surface area (Å²) >= 11 is 0. The molecule has 0 amide bonds. The van der Waals surface area contributed by atoms with Crippen molar-refractivity contribution in [2.75, 3.05) is 4.90 Å². The largest absolute Gasteiger partial charge is 0.310 e. The van der Waals surface area contributed by atoms with Crippen LogP contribution < -0.4 is 4.90 Å². The molecule has 0 N–H and O–H groups in total. The first-order valence-electron chi connectivity index (χ1n) is 19.2. The number of para-hydroxylation sites is 2. The Morgan fingerprint density at radius 1 is 0.268 bits per heavy atom. The second kappa shape index (κ2) is 14.4. The van der Waals surface area contributed by atoms with Gasteiger partial charge in [0.15, 0.2) is 0 Å². The second-order valence-corrected chi connectivity index (χ2v) is 14.1. The van der Waals surface area contributed by atoms with Crippen LogP contribution in [0.1, 0.15) is 0 Å². The molecule has 0 unspecified atom stereocenters. The highest BCUT2D eigenvalue weighted by atomic mass is 15.1. The zero-order chi connectivity index (χ0) is 37.3. The molecular formula is C54H38N2. The predicted octanol–water partition coefficient (Wildman–Crippen LogP) is 14.9.